The molecule has 0 aliphatic carbocycles. The number of furan rings is 1. The van der Waals surface area contributed by atoms with Crippen molar-refractivity contribution in [2.45, 2.75) is 12.8 Å². The first-order valence-corrected chi connectivity index (χ1v) is 5.44. The van der Waals surface area contributed by atoms with E-state index < -0.39 is 0 Å². The van der Waals surface area contributed by atoms with Crippen molar-refractivity contribution in [3.8, 4) is 0 Å². The highest BCUT2D eigenvalue weighted by Crippen LogP contribution is 2.12. The van der Waals surface area contributed by atoms with E-state index in [2.05, 4.69) is 0 Å². The van der Waals surface area contributed by atoms with Gasteiger partial charge in [0.15, 0.2) is 5.78 Å². The van der Waals surface area contributed by atoms with Gasteiger partial charge >= 0.3 is 0 Å². The minimum Gasteiger partial charge on any atom is -0.469 e. The van der Waals surface area contributed by atoms with E-state index in [0.29, 0.717) is 23.4 Å². The average molecular weight is 235 g/mol. The van der Waals surface area contributed by atoms with E-state index in [4.69, 9.17) is 16.0 Å². The number of rotatable bonds is 4. The lowest BCUT2D eigenvalue weighted by atomic mass is 10.1. The topological polar surface area (TPSA) is 30.2 Å². The van der Waals surface area contributed by atoms with Crippen molar-refractivity contribution in [3.63, 3.8) is 0 Å². The van der Waals surface area contributed by atoms with E-state index in [1.165, 1.54) is 0 Å². The van der Waals surface area contributed by atoms with E-state index in [1.54, 1.807) is 30.5 Å². The summed E-state index contributed by atoms with van der Waals surface area (Å²) in [5, 5.41) is 0.641. The third-order valence-corrected chi connectivity index (χ3v) is 2.60. The Morgan fingerprint density at radius 1 is 1.19 bits per heavy atom. The normalized spacial score (nSPS) is 10.3. The second-order valence-electron chi connectivity index (χ2n) is 3.51. The van der Waals surface area contributed by atoms with Crippen LogP contribution in [-0.2, 0) is 6.42 Å². The highest BCUT2D eigenvalue weighted by atomic mass is 35.5. The molecule has 0 unspecified atom stereocenters. The van der Waals surface area contributed by atoms with E-state index in [0.717, 1.165) is 5.76 Å². The third-order valence-electron chi connectivity index (χ3n) is 2.34. The predicted octanol–water partition coefficient (Wildman–Crippen LogP) is 3.75. The minimum absolute atomic E-state index is 0.105. The molecule has 0 saturated heterocycles. The number of Topliss-reactive ketones (excluding diaryl/α,β-unsaturated/α-hetero) is 1. The van der Waals surface area contributed by atoms with Crippen molar-refractivity contribution in [1.82, 2.24) is 0 Å². The molecule has 0 atom stereocenters. The SMILES string of the molecule is O=C(CCc1ccco1)c1ccc(Cl)cc1. The van der Waals surface area contributed by atoms with Gasteiger partial charge in [-0.1, -0.05) is 11.6 Å². The molecule has 2 rings (SSSR count). The maximum Gasteiger partial charge on any atom is 0.163 e. The number of hydrogen-bond acceptors (Lipinski definition) is 2. The van der Waals surface area contributed by atoms with Gasteiger partial charge in [-0.25, -0.2) is 0 Å². The Bertz CT molecular complexity index is 457. The molecule has 1 heterocycles. The zero-order chi connectivity index (χ0) is 11.4. The van der Waals surface area contributed by atoms with E-state index in [9.17, 15) is 4.79 Å². The summed E-state index contributed by atoms with van der Waals surface area (Å²) in [6.45, 7) is 0. The van der Waals surface area contributed by atoms with Gasteiger partial charge in [-0.15, -0.1) is 0 Å². The Kier molecular flexibility index (Phi) is 3.42. The van der Waals surface area contributed by atoms with Crippen LogP contribution < -0.4 is 0 Å². The molecule has 0 spiro atoms. The lowest BCUT2D eigenvalue weighted by Crippen LogP contribution is -2.00. The van der Waals surface area contributed by atoms with Gasteiger partial charge in [0.05, 0.1) is 6.26 Å². The Labute approximate surface area is 98.8 Å². The summed E-state index contributed by atoms with van der Waals surface area (Å²) in [4.78, 5) is 11.8. The molecule has 16 heavy (non-hydrogen) atoms. The van der Waals surface area contributed by atoms with Crippen molar-refractivity contribution in [2.75, 3.05) is 0 Å². The summed E-state index contributed by atoms with van der Waals surface area (Å²) in [7, 11) is 0. The molecule has 0 fully saturated rings. The maximum absolute atomic E-state index is 11.8. The first kappa shape index (κ1) is 11.0. The fourth-order valence-electron chi connectivity index (χ4n) is 1.47. The fourth-order valence-corrected chi connectivity index (χ4v) is 1.60. The summed E-state index contributed by atoms with van der Waals surface area (Å²) in [6.07, 6.45) is 2.70. The largest absolute Gasteiger partial charge is 0.469 e. The van der Waals surface area contributed by atoms with Gasteiger partial charge in [0, 0.05) is 23.4 Å². The van der Waals surface area contributed by atoms with Crippen LogP contribution in [0.4, 0.5) is 0 Å². The van der Waals surface area contributed by atoms with Crippen LogP contribution in [0.5, 0.6) is 0 Å². The number of aryl methyl sites for hydroxylation is 1. The number of benzene rings is 1. The quantitative estimate of drug-likeness (QED) is 0.755. The zero-order valence-corrected chi connectivity index (χ0v) is 9.41. The molecule has 0 radical (unpaired) electrons. The Hall–Kier alpha value is -1.54. The predicted molar refractivity (Wildman–Crippen MR) is 62.8 cm³/mol. The van der Waals surface area contributed by atoms with Crippen molar-refractivity contribution in [1.29, 1.82) is 0 Å². The Morgan fingerprint density at radius 3 is 2.56 bits per heavy atom. The zero-order valence-electron chi connectivity index (χ0n) is 8.65. The molecule has 2 nitrogen and oxygen atoms in total. The highest BCUT2D eigenvalue weighted by Gasteiger charge is 2.06. The molecule has 2 aromatic rings. The number of carbonyl (C=O) groups is 1. The molecule has 0 aliphatic heterocycles. The first-order chi connectivity index (χ1) is 7.75. The van der Waals surface area contributed by atoms with Gasteiger partial charge in [-0.2, -0.15) is 0 Å². The van der Waals surface area contributed by atoms with Gasteiger partial charge in [-0.05, 0) is 36.4 Å². The second-order valence-corrected chi connectivity index (χ2v) is 3.95. The van der Waals surface area contributed by atoms with Gasteiger partial charge in [0.2, 0.25) is 0 Å². The molecular weight excluding hydrogens is 224 g/mol. The van der Waals surface area contributed by atoms with E-state index >= 15 is 0 Å². The monoisotopic (exact) mass is 234 g/mol. The number of carbonyl (C=O) groups excluding carboxylic acids is 1. The molecule has 1 aromatic carbocycles. The molecule has 3 heteroatoms. The molecule has 1 aromatic heterocycles. The van der Waals surface area contributed by atoms with Crippen LogP contribution in [0.2, 0.25) is 5.02 Å². The van der Waals surface area contributed by atoms with Crippen LogP contribution in [0.25, 0.3) is 0 Å². The van der Waals surface area contributed by atoms with Crippen LogP contribution in [0.3, 0.4) is 0 Å². The van der Waals surface area contributed by atoms with Crippen molar-refractivity contribution < 1.29 is 9.21 Å². The van der Waals surface area contributed by atoms with Gasteiger partial charge in [0.1, 0.15) is 5.76 Å². The molecular formula is C13H11ClO2. The van der Waals surface area contributed by atoms with Crippen LogP contribution in [-0.4, -0.2) is 5.78 Å². The van der Waals surface area contributed by atoms with Gasteiger partial charge < -0.3 is 4.42 Å². The van der Waals surface area contributed by atoms with Crippen molar-refractivity contribution >= 4 is 17.4 Å². The van der Waals surface area contributed by atoms with Crippen LogP contribution in [0, 0.1) is 0 Å². The number of halogens is 1. The van der Waals surface area contributed by atoms with Gasteiger partial charge in [0.25, 0.3) is 0 Å². The summed E-state index contributed by atoms with van der Waals surface area (Å²) in [6, 6.07) is 10.6. The first-order valence-electron chi connectivity index (χ1n) is 5.07. The average Bonchev–Trinajstić information content (AvgIpc) is 2.80. The summed E-state index contributed by atoms with van der Waals surface area (Å²) in [5.74, 6) is 0.940. The third kappa shape index (κ3) is 2.74. The standard InChI is InChI=1S/C13H11ClO2/c14-11-5-3-10(4-6-11)13(15)8-7-12-2-1-9-16-12/h1-6,9H,7-8H2. The maximum atomic E-state index is 11.8. The molecule has 0 N–H and O–H groups in total. The number of hydrogen-bond donors (Lipinski definition) is 0. The van der Waals surface area contributed by atoms with Crippen LogP contribution in [0.15, 0.2) is 47.1 Å². The fraction of sp³-hybridized carbons (Fsp3) is 0.154. The minimum atomic E-state index is 0.105. The summed E-state index contributed by atoms with van der Waals surface area (Å²) < 4.78 is 5.17. The highest BCUT2D eigenvalue weighted by molar-refractivity contribution is 6.30. The summed E-state index contributed by atoms with van der Waals surface area (Å²) in [5.41, 5.74) is 0.691. The van der Waals surface area contributed by atoms with Crippen molar-refractivity contribution in [3.05, 3.63) is 59.0 Å². The lowest BCUT2D eigenvalue weighted by molar-refractivity contribution is 0.0981. The van der Waals surface area contributed by atoms with E-state index in [-0.39, 0.29) is 5.78 Å². The summed E-state index contributed by atoms with van der Waals surface area (Å²) >= 11 is 5.75. The molecule has 0 saturated carbocycles. The Morgan fingerprint density at radius 2 is 1.94 bits per heavy atom. The lowest BCUT2D eigenvalue weighted by Gasteiger charge is -1.99. The molecule has 82 valence electrons. The second kappa shape index (κ2) is 4.99. The van der Waals surface area contributed by atoms with Gasteiger partial charge in [-0.3, -0.25) is 4.79 Å². The number of ketones is 1. The van der Waals surface area contributed by atoms with Crippen molar-refractivity contribution in [2.24, 2.45) is 0 Å². The van der Waals surface area contributed by atoms with Crippen LogP contribution in [0.1, 0.15) is 22.5 Å². The van der Waals surface area contributed by atoms with Crippen LogP contribution >= 0.6 is 11.6 Å². The molecule has 0 amide bonds. The molecule has 0 aliphatic rings. The Balaban J connectivity index is 1.95. The van der Waals surface area contributed by atoms with E-state index in [1.807, 2.05) is 12.1 Å². The smallest absolute Gasteiger partial charge is 0.163 e. The molecule has 0 bridgehead atoms.